The van der Waals surface area contributed by atoms with Crippen molar-refractivity contribution in [2.75, 3.05) is 13.7 Å². The topological polar surface area (TPSA) is 55.8 Å². The van der Waals surface area contributed by atoms with Crippen LogP contribution in [0.5, 0.6) is 5.75 Å². The zero-order valence-electron chi connectivity index (χ0n) is 16.9. The highest BCUT2D eigenvalue weighted by molar-refractivity contribution is 5.72. The maximum atomic E-state index is 11.2. The second kappa shape index (κ2) is 15.5. The number of allylic oxidation sites excluding steroid dienone is 7. The summed E-state index contributed by atoms with van der Waals surface area (Å²) in [5, 5.41) is 9.94. The van der Waals surface area contributed by atoms with Gasteiger partial charge < -0.3 is 14.6 Å². The number of ether oxygens (including phenoxy) is 2. The average Bonchev–Trinajstić information content (AvgIpc) is 2.70. The van der Waals surface area contributed by atoms with Crippen LogP contribution >= 0.6 is 0 Å². The third-order valence-corrected chi connectivity index (χ3v) is 3.89. The van der Waals surface area contributed by atoms with Crippen molar-refractivity contribution < 1.29 is 19.4 Å². The number of aliphatic hydroxyl groups excluding tert-OH is 1. The Morgan fingerprint density at radius 2 is 1.75 bits per heavy atom. The number of esters is 1. The highest BCUT2D eigenvalue weighted by Gasteiger charge is 2.03. The van der Waals surface area contributed by atoms with E-state index in [0.29, 0.717) is 18.8 Å². The van der Waals surface area contributed by atoms with Crippen LogP contribution in [0.3, 0.4) is 0 Å². The number of benzene rings is 1. The summed E-state index contributed by atoms with van der Waals surface area (Å²) in [6, 6.07) is 7.29. The van der Waals surface area contributed by atoms with Gasteiger partial charge in [-0.1, -0.05) is 67.7 Å². The fourth-order valence-corrected chi connectivity index (χ4v) is 2.31. The number of carbonyl (C=O) groups excluding carboxylic acids is 1. The number of hydrogen-bond donors (Lipinski definition) is 1. The molecule has 0 heterocycles. The predicted molar refractivity (Wildman–Crippen MR) is 114 cm³/mol. The van der Waals surface area contributed by atoms with Crippen molar-refractivity contribution in [2.45, 2.75) is 45.1 Å². The maximum absolute atomic E-state index is 11.2. The van der Waals surface area contributed by atoms with Gasteiger partial charge in [0.2, 0.25) is 0 Å². The van der Waals surface area contributed by atoms with Crippen LogP contribution < -0.4 is 4.74 Å². The molecule has 0 saturated heterocycles. The molecule has 0 saturated carbocycles. The summed E-state index contributed by atoms with van der Waals surface area (Å²) in [4.78, 5) is 11.2. The van der Waals surface area contributed by atoms with Gasteiger partial charge in [-0.25, -0.2) is 0 Å². The van der Waals surface area contributed by atoms with Gasteiger partial charge in [0.15, 0.2) is 0 Å². The van der Waals surface area contributed by atoms with Gasteiger partial charge in [0.25, 0.3) is 0 Å². The van der Waals surface area contributed by atoms with Crippen molar-refractivity contribution in [2.24, 2.45) is 0 Å². The van der Waals surface area contributed by atoms with Gasteiger partial charge in [-0.2, -0.15) is 0 Å². The summed E-state index contributed by atoms with van der Waals surface area (Å²) >= 11 is 0. The number of unbranched alkanes of at least 4 members (excludes halogenated alkanes) is 1. The van der Waals surface area contributed by atoms with Crippen LogP contribution in [0, 0.1) is 0 Å². The number of methoxy groups -OCH3 is 1. The Morgan fingerprint density at radius 3 is 2.46 bits per heavy atom. The van der Waals surface area contributed by atoms with Crippen LogP contribution in [0.15, 0.2) is 72.9 Å². The van der Waals surface area contributed by atoms with E-state index in [2.05, 4.69) is 29.9 Å². The minimum absolute atomic E-state index is 0.249. The molecule has 1 aromatic carbocycles. The van der Waals surface area contributed by atoms with Gasteiger partial charge in [-0.05, 0) is 37.0 Å². The number of aliphatic hydroxyl groups is 1. The van der Waals surface area contributed by atoms with E-state index in [4.69, 9.17) is 4.74 Å². The maximum Gasteiger partial charge on any atom is 0.309 e. The molecule has 0 unspecified atom stereocenters. The summed E-state index contributed by atoms with van der Waals surface area (Å²) < 4.78 is 10.3. The third-order valence-electron chi connectivity index (χ3n) is 3.89. The monoisotopic (exact) mass is 384 g/mol. The number of rotatable bonds is 13. The first-order valence-electron chi connectivity index (χ1n) is 9.77. The van der Waals surface area contributed by atoms with Gasteiger partial charge in [-0.3, -0.25) is 4.79 Å². The zero-order chi connectivity index (χ0) is 20.5. The Labute approximate surface area is 168 Å². The largest absolute Gasteiger partial charge is 0.493 e. The Hall–Kier alpha value is -2.59. The minimum atomic E-state index is -0.550. The first kappa shape index (κ1) is 23.4. The SMILES string of the molecule is CC/C=C\CC/C=C/C=C\C=C\[C@@H](O)CCOc1ccc(CC(=O)OC)cc1. The van der Waals surface area contributed by atoms with E-state index in [1.54, 1.807) is 6.08 Å². The Kier molecular flexibility index (Phi) is 13.0. The first-order chi connectivity index (χ1) is 13.7. The fraction of sp³-hybridized carbons (Fsp3) is 0.375. The lowest BCUT2D eigenvalue weighted by Gasteiger charge is -2.09. The van der Waals surface area contributed by atoms with E-state index in [1.807, 2.05) is 48.6 Å². The molecular formula is C24H32O4. The van der Waals surface area contributed by atoms with E-state index in [-0.39, 0.29) is 12.4 Å². The van der Waals surface area contributed by atoms with E-state index in [9.17, 15) is 9.90 Å². The van der Waals surface area contributed by atoms with Gasteiger partial charge in [0.05, 0.1) is 26.2 Å². The van der Waals surface area contributed by atoms with Crippen molar-refractivity contribution in [1.82, 2.24) is 0 Å². The summed E-state index contributed by atoms with van der Waals surface area (Å²) in [6.45, 7) is 2.55. The molecule has 28 heavy (non-hydrogen) atoms. The zero-order valence-corrected chi connectivity index (χ0v) is 16.9. The van der Waals surface area contributed by atoms with Crippen LogP contribution in [-0.4, -0.2) is 30.9 Å². The molecule has 0 spiro atoms. The molecule has 1 atom stereocenters. The molecule has 152 valence electrons. The normalized spacial score (nSPS) is 13.1. The lowest BCUT2D eigenvalue weighted by Crippen LogP contribution is -2.09. The quantitative estimate of drug-likeness (QED) is 0.226. The smallest absolute Gasteiger partial charge is 0.309 e. The van der Waals surface area contributed by atoms with Gasteiger partial charge in [-0.15, -0.1) is 0 Å². The van der Waals surface area contributed by atoms with Crippen LogP contribution in [0.2, 0.25) is 0 Å². The van der Waals surface area contributed by atoms with Crippen molar-refractivity contribution in [3.8, 4) is 5.75 Å². The van der Waals surface area contributed by atoms with Crippen LogP contribution in [-0.2, 0) is 16.0 Å². The molecule has 0 aliphatic rings. The average molecular weight is 385 g/mol. The van der Waals surface area contributed by atoms with Gasteiger partial charge >= 0.3 is 5.97 Å². The lowest BCUT2D eigenvalue weighted by atomic mass is 10.1. The molecule has 0 fully saturated rings. The van der Waals surface area contributed by atoms with E-state index >= 15 is 0 Å². The highest BCUT2D eigenvalue weighted by atomic mass is 16.5. The Morgan fingerprint density at radius 1 is 1.04 bits per heavy atom. The summed E-state index contributed by atoms with van der Waals surface area (Å²) in [5.74, 6) is 0.445. The summed E-state index contributed by atoms with van der Waals surface area (Å²) in [7, 11) is 1.37. The summed E-state index contributed by atoms with van der Waals surface area (Å²) in [5.41, 5.74) is 0.875. The molecule has 1 rings (SSSR count). The highest BCUT2D eigenvalue weighted by Crippen LogP contribution is 2.13. The Bertz CT molecular complexity index is 654. The second-order valence-corrected chi connectivity index (χ2v) is 6.26. The fourth-order valence-electron chi connectivity index (χ4n) is 2.31. The molecule has 0 aliphatic heterocycles. The van der Waals surface area contributed by atoms with Crippen molar-refractivity contribution in [1.29, 1.82) is 0 Å². The van der Waals surface area contributed by atoms with E-state index in [0.717, 1.165) is 24.8 Å². The molecule has 0 radical (unpaired) electrons. The van der Waals surface area contributed by atoms with E-state index in [1.165, 1.54) is 7.11 Å². The minimum Gasteiger partial charge on any atom is -0.493 e. The predicted octanol–water partition coefficient (Wildman–Crippen LogP) is 4.95. The standard InChI is InChI=1S/C24H32O4/c1-3-4-5-6-7-8-9-10-11-12-13-22(25)18-19-28-23-16-14-21(15-17-23)20-24(26)27-2/h4-5,8-17,22,25H,3,6-7,18-20H2,1-2H3/b5-4-,9-8+,11-10-,13-12+/t22-/m1/s1. The van der Waals surface area contributed by atoms with Gasteiger partial charge in [0.1, 0.15) is 5.75 Å². The second-order valence-electron chi connectivity index (χ2n) is 6.26. The molecule has 0 aromatic heterocycles. The van der Waals surface area contributed by atoms with Crippen molar-refractivity contribution >= 4 is 5.97 Å². The molecule has 0 bridgehead atoms. The first-order valence-corrected chi connectivity index (χ1v) is 9.77. The molecular weight excluding hydrogens is 352 g/mol. The Balaban J connectivity index is 2.20. The molecule has 1 aromatic rings. The molecule has 1 N–H and O–H groups in total. The molecule has 4 nitrogen and oxygen atoms in total. The summed E-state index contributed by atoms with van der Waals surface area (Å²) in [6.07, 6.45) is 19.4. The molecule has 0 aliphatic carbocycles. The third kappa shape index (κ3) is 11.9. The van der Waals surface area contributed by atoms with Crippen molar-refractivity contribution in [3.05, 3.63) is 78.4 Å². The van der Waals surface area contributed by atoms with Crippen LogP contribution in [0.4, 0.5) is 0 Å². The van der Waals surface area contributed by atoms with E-state index < -0.39 is 6.10 Å². The number of carbonyl (C=O) groups is 1. The lowest BCUT2D eigenvalue weighted by molar-refractivity contribution is -0.139. The van der Waals surface area contributed by atoms with Crippen molar-refractivity contribution in [3.63, 3.8) is 0 Å². The number of hydrogen-bond acceptors (Lipinski definition) is 4. The van der Waals surface area contributed by atoms with Gasteiger partial charge in [0, 0.05) is 6.42 Å². The van der Waals surface area contributed by atoms with Crippen LogP contribution in [0.1, 0.15) is 38.2 Å². The molecule has 4 heteroatoms. The van der Waals surface area contributed by atoms with Crippen LogP contribution in [0.25, 0.3) is 0 Å². The molecule has 0 amide bonds.